The van der Waals surface area contributed by atoms with E-state index in [1.807, 2.05) is 36.4 Å². The molecule has 0 spiro atoms. The second-order valence-corrected chi connectivity index (χ2v) is 6.14. The number of carbonyl (C=O) groups is 1. The number of aliphatic hydroxyl groups is 2. The maximum atomic E-state index is 12.3. The van der Waals surface area contributed by atoms with Gasteiger partial charge in [0.05, 0.1) is 24.9 Å². The topological polar surface area (TPSA) is 108 Å². The van der Waals surface area contributed by atoms with Crippen molar-refractivity contribution in [2.75, 3.05) is 11.9 Å². The third-order valence-corrected chi connectivity index (χ3v) is 4.50. The van der Waals surface area contributed by atoms with Crippen LogP contribution in [0.25, 0.3) is 11.3 Å². The van der Waals surface area contributed by atoms with Crippen molar-refractivity contribution in [2.24, 2.45) is 0 Å². The van der Waals surface area contributed by atoms with Gasteiger partial charge in [0.2, 0.25) is 0 Å². The number of rotatable bonds is 3. The largest absolute Gasteiger partial charge is 0.394 e. The van der Waals surface area contributed by atoms with E-state index >= 15 is 0 Å². The molecular weight excluding hydrogens is 324 g/mol. The number of anilines is 1. The number of aromatic nitrogens is 2. The van der Waals surface area contributed by atoms with Crippen LogP contribution >= 0.6 is 0 Å². The van der Waals surface area contributed by atoms with Crippen LogP contribution in [0.5, 0.6) is 0 Å². The van der Waals surface area contributed by atoms with Crippen LogP contribution in [-0.2, 0) is 11.3 Å². The summed E-state index contributed by atoms with van der Waals surface area (Å²) in [6.45, 7) is 0.0133. The van der Waals surface area contributed by atoms with Crippen LogP contribution in [0, 0.1) is 0 Å². The van der Waals surface area contributed by atoms with Gasteiger partial charge in [-0.05, 0) is 6.07 Å². The minimum atomic E-state index is -0.792. The van der Waals surface area contributed by atoms with Crippen LogP contribution in [-0.4, -0.2) is 56.4 Å². The second kappa shape index (κ2) is 6.40. The summed E-state index contributed by atoms with van der Waals surface area (Å²) >= 11 is 0. The second-order valence-electron chi connectivity index (χ2n) is 6.14. The van der Waals surface area contributed by atoms with Crippen molar-refractivity contribution in [1.82, 2.24) is 15.1 Å². The summed E-state index contributed by atoms with van der Waals surface area (Å²) in [4.78, 5) is 13.8. The predicted molar refractivity (Wildman–Crippen MR) is 88.4 cm³/mol. The van der Waals surface area contributed by atoms with Crippen molar-refractivity contribution in [1.29, 1.82) is 0 Å². The highest BCUT2D eigenvalue weighted by atomic mass is 16.5. The van der Waals surface area contributed by atoms with Gasteiger partial charge in [-0.25, -0.2) is 4.79 Å². The van der Waals surface area contributed by atoms with Crippen molar-refractivity contribution in [3.63, 3.8) is 0 Å². The molecule has 2 aliphatic heterocycles. The molecule has 25 heavy (non-hydrogen) atoms. The van der Waals surface area contributed by atoms with Crippen LogP contribution < -0.4 is 5.32 Å². The number of aliphatic hydroxyl groups excluding tert-OH is 2. The minimum Gasteiger partial charge on any atom is -0.394 e. The van der Waals surface area contributed by atoms with E-state index in [4.69, 9.17) is 4.74 Å². The molecule has 0 bridgehead atoms. The number of nitrogens with zero attached hydrogens (tertiary/aromatic N) is 3. The maximum absolute atomic E-state index is 12.3. The molecule has 8 nitrogen and oxygen atoms in total. The third kappa shape index (κ3) is 2.95. The van der Waals surface area contributed by atoms with Gasteiger partial charge in [-0.3, -0.25) is 10.2 Å². The first-order valence-corrected chi connectivity index (χ1v) is 8.09. The maximum Gasteiger partial charge on any atom is 0.325 e. The lowest BCUT2D eigenvalue weighted by molar-refractivity contribution is -0.0653. The molecule has 0 radical (unpaired) electrons. The van der Waals surface area contributed by atoms with Gasteiger partial charge in [0.25, 0.3) is 0 Å². The molecule has 3 heterocycles. The third-order valence-electron chi connectivity index (χ3n) is 4.50. The molecule has 0 aliphatic carbocycles. The number of amides is 2. The Morgan fingerprint density at radius 3 is 2.80 bits per heavy atom. The van der Waals surface area contributed by atoms with E-state index in [1.54, 1.807) is 0 Å². The van der Waals surface area contributed by atoms with Crippen molar-refractivity contribution in [3.8, 4) is 11.3 Å². The molecule has 8 heteroatoms. The van der Waals surface area contributed by atoms with Crippen LogP contribution in [0.4, 0.5) is 10.6 Å². The standard InChI is InChI=1S/C17H18N4O4/c22-9-14-13(23)7-15(25-14)21-8-11-6-12(10-4-2-1-3-5-10)19-20-16(11)18-17(21)24/h1-6,13-15,22-23H,7-9H2,(H,18,20,24)/t13-,14+,15+/m0/s1. The van der Waals surface area contributed by atoms with Crippen LogP contribution in [0.3, 0.4) is 0 Å². The molecule has 1 aromatic carbocycles. The molecule has 1 saturated heterocycles. The molecule has 0 saturated carbocycles. The molecule has 130 valence electrons. The molecule has 3 N–H and O–H groups in total. The monoisotopic (exact) mass is 342 g/mol. The van der Waals surface area contributed by atoms with Gasteiger partial charge in [0.15, 0.2) is 5.82 Å². The van der Waals surface area contributed by atoms with E-state index in [0.29, 0.717) is 12.4 Å². The zero-order valence-electron chi connectivity index (χ0n) is 13.4. The average molecular weight is 342 g/mol. The molecule has 3 atom stereocenters. The van der Waals surface area contributed by atoms with Crippen molar-refractivity contribution in [3.05, 3.63) is 42.0 Å². The Hall–Kier alpha value is -2.55. The van der Waals surface area contributed by atoms with E-state index in [0.717, 1.165) is 16.8 Å². The van der Waals surface area contributed by atoms with Crippen LogP contribution in [0.2, 0.25) is 0 Å². The fourth-order valence-electron chi connectivity index (χ4n) is 3.14. The van der Waals surface area contributed by atoms with Gasteiger partial charge >= 0.3 is 6.03 Å². The van der Waals surface area contributed by atoms with Crippen LogP contribution in [0.1, 0.15) is 12.0 Å². The van der Waals surface area contributed by atoms with Gasteiger partial charge in [-0.15, -0.1) is 10.2 Å². The Labute approximate surface area is 144 Å². The summed E-state index contributed by atoms with van der Waals surface area (Å²) < 4.78 is 5.59. The summed E-state index contributed by atoms with van der Waals surface area (Å²) in [7, 11) is 0. The summed E-state index contributed by atoms with van der Waals surface area (Å²) in [5.74, 6) is 0.429. The predicted octanol–water partition coefficient (Wildman–Crippen LogP) is 0.959. The number of urea groups is 1. The van der Waals surface area contributed by atoms with Gasteiger partial charge in [0.1, 0.15) is 12.3 Å². The normalized spacial score (nSPS) is 25.6. The van der Waals surface area contributed by atoms with E-state index in [1.165, 1.54) is 4.90 Å². The first-order chi connectivity index (χ1) is 12.2. The first kappa shape index (κ1) is 15.9. The summed E-state index contributed by atoms with van der Waals surface area (Å²) in [5.41, 5.74) is 2.48. The highest BCUT2D eigenvalue weighted by Crippen LogP contribution is 2.30. The number of benzene rings is 1. The van der Waals surface area contributed by atoms with Crippen molar-refractivity contribution in [2.45, 2.75) is 31.4 Å². The lowest BCUT2D eigenvalue weighted by atomic mass is 10.1. The molecule has 2 aliphatic rings. The Bertz CT molecular complexity index is 785. The zero-order valence-corrected chi connectivity index (χ0v) is 13.4. The molecular formula is C17H18N4O4. The summed E-state index contributed by atoms with van der Waals surface area (Å²) in [6, 6.07) is 11.2. The van der Waals surface area contributed by atoms with Crippen molar-refractivity contribution < 1.29 is 19.7 Å². The number of nitrogens with one attached hydrogen (secondary N) is 1. The molecule has 0 unspecified atom stereocenters. The van der Waals surface area contributed by atoms with Gasteiger partial charge in [-0.2, -0.15) is 0 Å². The van der Waals surface area contributed by atoms with E-state index in [2.05, 4.69) is 15.5 Å². The van der Waals surface area contributed by atoms with Gasteiger partial charge in [0, 0.05) is 17.5 Å². The number of carbonyl (C=O) groups excluding carboxylic acids is 1. The van der Waals surface area contributed by atoms with Gasteiger partial charge in [-0.1, -0.05) is 30.3 Å². The summed E-state index contributed by atoms with van der Waals surface area (Å²) in [5, 5.41) is 30.1. The molecule has 1 aromatic heterocycles. The highest BCUT2D eigenvalue weighted by Gasteiger charge is 2.40. The fraction of sp³-hybridized carbons (Fsp3) is 0.353. The van der Waals surface area contributed by atoms with Gasteiger partial charge < -0.3 is 14.9 Å². The Kier molecular flexibility index (Phi) is 4.08. The van der Waals surface area contributed by atoms with Crippen LogP contribution in [0.15, 0.2) is 36.4 Å². The van der Waals surface area contributed by atoms with Crippen molar-refractivity contribution >= 4 is 11.8 Å². The number of ether oxygens (including phenoxy) is 1. The fourth-order valence-corrected chi connectivity index (χ4v) is 3.14. The molecule has 1 fully saturated rings. The first-order valence-electron chi connectivity index (χ1n) is 8.09. The molecule has 2 amide bonds. The quantitative estimate of drug-likeness (QED) is 0.767. The minimum absolute atomic E-state index is 0.262. The Balaban J connectivity index is 1.59. The lowest BCUT2D eigenvalue weighted by Crippen LogP contribution is -2.45. The SMILES string of the molecule is O=C1Nc2nnc(-c3ccccc3)cc2CN1[C@H]1C[C@H](O)[C@@H](CO)O1. The Morgan fingerprint density at radius 1 is 1.28 bits per heavy atom. The highest BCUT2D eigenvalue weighted by molar-refractivity contribution is 5.91. The molecule has 2 aromatic rings. The number of hydrogen-bond donors (Lipinski definition) is 3. The Morgan fingerprint density at radius 2 is 2.08 bits per heavy atom. The smallest absolute Gasteiger partial charge is 0.325 e. The average Bonchev–Trinajstić information content (AvgIpc) is 3.02. The number of fused-ring (bicyclic) bond motifs is 1. The number of hydrogen-bond acceptors (Lipinski definition) is 6. The lowest BCUT2D eigenvalue weighted by Gasteiger charge is -2.32. The van der Waals surface area contributed by atoms with E-state index in [9.17, 15) is 15.0 Å². The zero-order chi connectivity index (χ0) is 17.4. The van der Waals surface area contributed by atoms with E-state index < -0.39 is 18.4 Å². The van der Waals surface area contributed by atoms with E-state index in [-0.39, 0.29) is 19.1 Å². The molecule has 4 rings (SSSR count). The summed E-state index contributed by atoms with van der Waals surface area (Å²) in [6.07, 6.45) is -1.79.